The summed E-state index contributed by atoms with van der Waals surface area (Å²) in [7, 11) is 2.15. The molecule has 0 aliphatic carbocycles. The number of likely N-dealkylation sites (N-methyl/N-ethyl adjacent to an activating group) is 1. The molecule has 2 unspecified atom stereocenters. The summed E-state index contributed by atoms with van der Waals surface area (Å²) in [4.78, 5) is 4.65. The number of piperazine rings is 1. The Balaban J connectivity index is 2.18. The van der Waals surface area contributed by atoms with Gasteiger partial charge in [-0.2, -0.15) is 5.26 Å². The molecule has 0 radical (unpaired) electrons. The van der Waals surface area contributed by atoms with Crippen molar-refractivity contribution in [1.82, 2.24) is 9.80 Å². The second-order valence-corrected chi connectivity index (χ2v) is 6.20. The highest BCUT2D eigenvalue weighted by Crippen LogP contribution is 2.26. The average molecular weight is 271 g/mol. The van der Waals surface area contributed by atoms with Crippen molar-refractivity contribution in [3.05, 3.63) is 35.4 Å². The summed E-state index contributed by atoms with van der Waals surface area (Å²) < 4.78 is 0. The van der Waals surface area contributed by atoms with Gasteiger partial charge in [-0.05, 0) is 31.0 Å². The zero-order valence-corrected chi connectivity index (χ0v) is 13.0. The molecule has 1 aromatic carbocycles. The lowest BCUT2D eigenvalue weighted by atomic mass is 9.98. The monoisotopic (exact) mass is 271 g/mol. The summed E-state index contributed by atoms with van der Waals surface area (Å²) in [6, 6.07) is 11.3. The molecule has 1 saturated heterocycles. The largest absolute Gasteiger partial charge is 0.304 e. The summed E-state index contributed by atoms with van der Waals surface area (Å²) in [5.74, 6) is 0.534. The van der Waals surface area contributed by atoms with Crippen molar-refractivity contribution in [3.63, 3.8) is 0 Å². The molecule has 1 aliphatic heterocycles. The Hall–Kier alpha value is -1.37. The summed E-state index contributed by atoms with van der Waals surface area (Å²) in [5.41, 5.74) is 2.45. The zero-order valence-electron chi connectivity index (χ0n) is 13.0. The predicted molar refractivity (Wildman–Crippen MR) is 82.6 cm³/mol. The van der Waals surface area contributed by atoms with Gasteiger partial charge in [0.25, 0.3) is 0 Å². The van der Waals surface area contributed by atoms with E-state index in [4.69, 9.17) is 0 Å². The minimum absolute atomic E-state index is 0.125. The van der Waals surface area contributed by atoms with Crippen LogP contribution in [0.2, 0.25) is 0 Å². The molecule has 3 nitrogen and oxygen atoms in total. The molecule has 2 atom stereocenters. The van der Waals surface area contributed by atoms with Gasteiger partial charge in [0.1, 0.15) is 6.04 Å². The SMILES string of the molecule is CC(C)c1ccc(C(C#N)N2CCN(C)CC2C)cc1. The van der Waals surface area contributed by atoms with Crippen LogP contribution < -0.4 is 0 Å². The number of nitriles is 1. The zero-order chi connectivity index (χ0) is 14.7. The predicted octanol–water partition coefficient (Wildman–Crippen LogP) is 3.01. The Morgan fingerprint density at radius 2 is 1.75 bits per heavy atom. The minimum atomic E-state index is -0.125. The van der Waals surface area contributed by atoms with Crippen LogP contribution in [0.25, 0.3) is 0 Å². The van der Waals surface area contributed by atoms with Gasteiger partial charge in [0.05, 0.1) is 6.07 Å². The fraction of sp³-hybridized carbons (Fsp3) is 0.588. The van der Waals surface area contributed by atoms with Gasteiger partial charge in [-0.3, -0.25) is 4.90 Å². The molecule has 0 bridgehead atoms. The molecule has 3 heteroatoms. The van der Waals surface area contributed by atoms with Gasteiger partial charge < -0.3 is 4.90 Å². The van der Waals surface area contributed by atoms with Gasteiger partial charge >= 0.3 is 0 Å². The third-order valence-corrected chi connectivity index (χ3v) is 4.25. The summed E-state index contributed by atoms with van der Waals surface area (Å²) >= 11 is 0. The first-order valence-corrected chi connectivity index (χ1v) is 7.46. The third kappa shape index (κ3) is 3.20. The number of hydrogen-bond donors (Lipinski definition) is 0. The van der Waals surface area contributed by atoms with E-state index in [0.717, 1.165) is 25.2 Å². The van der Waals surface area contributed by atoms with E-state index in [2.05, 4.69) is 68.0 Å². The molecule has 0 amide bonds. The third-order valence-electron chi connectivity index (χ3n) is 4.25. The summed E-state index contributed by atoms with van der Waals surface area (Å²) in [6.07, 6.45) is 0. The van der Waals surface area contributed by atoms with Crippen LogP contribution in [0.15, 0.2) is 24.3 Å². The molecular weight excluding hydrogens is 246 g/mol. The van der Waals surface area contributed by atoms with Crippen molar-refractivity contribution in [2.75, 3.05) is 26.7 Å². The number of rotatable bonds is 3. The van der Waals surface area contributed by atoms with Gasteiger partial charge in [-0.25, -0.2) is 0 Å². The molecule has 1 heterocycles. The fourth-order valence-electron chi connectivity index (χ4n) is 2.94. The van der Waals surface area contributed by atoms with Crippen molar-refractivity contribution < 1.29 is 0 Å². The van der Waals surface area contributed by atoms with Crippen LogP contribution in [-0.2, 0) is 0 Å². The first-order chi connectivity index (χ1) is 9.52. The Morgan fingerprint density at radius 1 is 1.15 bits per heavy atom. The lowest BCUT2D eigenvalue weighted by Gasteiger charge is -2.40. The van der Waals surface area contributed by atoms with E-state index in [9.17, 15) is 5.26 Å². The normalized spacial score (nSPS) is 22.7. The summed E-state index contributed by atoms with van der Waals surface area (Å²) in [6.45, 7) is 9.62. The highest BCUT2D eigenvalue weighted by atomic mass is 15.3. The standard InChI is InChI=1S/C17H25N3/c1-13(2)15-5-7-16(8-6-15)17(11-18)20-10-9-19(4)12-14(20)3/h5-8,13-14,17H,9-10,12H2,1-4H3. The van der Waals surface area contributed by atoms with Crippen molar-refractivity contribution in [2.24, 2.45) is 0 Å². The smallest absolute Gasteiger partial charge is 0.124 e. The number of nitrogens with zero attached hydrogens (tertiary/aromatic N) is 3. The van der Waals surface area contributed by atoms with E-state index in [1.54, 1.807) is 0 Å². The Kier molecular flexibility index (Phi) is 4.80. The molecule has 1 fully saturated rings. The second kappa shape index (κ2) is 6.39. The van der Waals surface area contributed by atoms with Crippen LogP contribution in [0.3, 0.4) is 0 Å². The fourth-order valence-corrected chi connectivity index (χ4v) is 2.94. The molecule has 108 valence electrons. The average Bonchev–Trinajstić information content (AvgIpc) is 2.42. The lowest BCUT2D eigenvalue weighted by molar-refractivity contribution is 0.0797. The topological polar surface area (TPSA) is 30.3 Å². The van der Waals surface area contributed by atoms with Gasteiger partial charge in [0, 0.05) is 25.7 Å². The highest BCUT2D eigenvalue weighted by Gasteiger charge is 2.28. The second-order valence-electron chi connectivity index (χ2n) is 6.20. The van der Waals surface area contributed by atoms with E-state index in [-0.39, 0.29) is 6.04 Å². The maximum absolute atomic E-state index is 9.59. The van der Waals surface area contributed by atoms with Crippen LogP contribution in [0.4, 0.5) is 0 Å². The van der Waals surface area contributed by atoms with Crippen molar-refractivity contribution >= 4 is 0 Å². The molecule has 2 rings (SSSR count). The molecule has 20 heavy (non-hydrogen) atoms. The van der Waals surface area contributed by atoms with Crippen molar-refractivity contribution in [3.8, 4) is 6.07 Å². The molecule has 1 aromatic rings. The van der Waals surface area contributed by atoms with E-state index in [1.165, 1.54) is 5.56 Å². The van der Waals surface area contributed by atoms with E-state index >= 15 is 0 Å². The van der Waals surface area contributed by atoms with E-state index < -0.39 is 0 Å². The Morgan fingerprint density at radius 3 is 2.25 bits per heavy atom. The van der Waals surface area contributed by atoms with E-state index in [1.807, 2.05) is 0 Å². The highest BCUT2D eigenvalue weighted by molar-refractivity contribution is 5.30. The van der Waals surface area contributed by atoms with Crippen LogP contribution in [0.5, 0.6) is 0 Å². The number of benzene rings is 1. The molecule has 0 N–H and O–H groups in total. The minimum Gasteiger partial charge on any atom is -0.304 e. The molecular formula is C17H25N3. The summed E-state index contributed by atoms with van der Waals surface area (Å²) in [5, 5.41) is 9.59. The first-order valence-electron chi connectivity index (χ1n) is 7.46. The molecule has 0 aromatic heterocycles. The Labute approximate surface area is 122 Å². The molecule has 0 spiro atoms. The quantitative estimate of drug-likeness (QED) is 0.846. The van der Waals surface area contributed by atoms with Crippen LogP contribution in [0, 0.1) is 11.3 Å². The van der Waals surface area contributed by atoms with E-state index in [0.29, 0.717) is 12.0 Å². The maximum Gasteiger partial charge on any atom is 0.124 e. The van der Waals surface area contributed by atoms with Crippen LogP contribution >= 0.6 is 0 Å². The van der Waals surface area contributed by atoms with Crippen molar-refractivity contribution in [2.45, 2.75) is 38.8 Å². The van der Waals surface area contributed by atoms with Gasteiger partial charge in [0.15, 0.2) is 0 Å². The van der Waals surface area contributed by atoms with Gasteiger partial charge in [0.2, 0.25) is 0 Å². The van der Waals surface area contributed by atoms with Crippen molar-refractivity contribution in [1.29, 1.82) is 5.26 Å². The molecule has 1 aliphatic rings. The van der Waals surface area contributed by atoms with Gasteiger partial charge in [-0.1, -0.05) is 38.1 Å². The lowest BCUT2D eigenvalue weighted by Crippen LogP contribution is -2.51. The molecule has 0 saturated carbocycles. The van der Waals surface area contributed by atoms with Crippen LogP contribution in [-0.4, -0.2) is 42.5 Å². The first kappa shape index (κ1) is 15.0. The number of hydrogen-bond acceptors (Lipinski definition) is 3. The maximum atomic E-state index is 9.59. The van der Waals surface area contributed by atoms with Crippen LogP contribution in [0.1, 0.15) is 43.9 Å². The Bertz CT molecular complexity index is 472. The van der Waals surface area contributed by atoms with Gasteiger partial charge in [-0.15, -0.1) is 0 Å².